The second kappa shape index (κ2) is 6.13. The molecule has 1 aromatic carbocycles. The Balaban J connectivity index is 2.33. The lowest BCUT2D eigenvalue weighted by Crippen LogP contribution is -2.31. The average molecular weight is 451 g/mol. The van der Waals surface area contributed by atoms with Crippen LogP contribution in [-0.2, 0) is 4.79 Å². The first-order valence-corrected chi connectivity index (χ1v) is 7.83. The van der Waals surface area contributed by atoms with Gasteiger partial charge in [0.05, 0.1) is 8.04 Å². The van der Waals surface area contributed by atoms with Gasteiger partial charge < -0.3 is 10.4 Å². The van der Waals surface area contributed by atoms with E-state index >= 15 is 0 Å². The van der Waals surface area contributed by atoms with Crippen molar-refractivity contribution in [2.24, 2.45) is 0 Å². The van der Waals surface area contributed by atoms with Crippen molar-refractivity contribution in [3.63, 3.8) is 0 Å². The number of imide groups is 1. The summed E-state index contributed by atoms with van der Waals surface area (Å²) in [5.41, 5.74) is 0.970. The van der Waals surface area contributed by atoms with Crippen LogP contribution < -0.4 is 5.32 Å². The lowest BCUT2D eigenvalue weighted by molar-refractivity contribution is -0.122. The molecule has 0 unspecified atom stereocenters. The first-order valence-electron chi connectivity index (χ1n) is 5.96. The van der Waals surface area contributed by atoms with E-state index in [1.165, 1.54) is 4.90 Å². The molecule has 1 fully saturated rings. The lowest BCUT2D eigenvalue weighted by Gasteiger charge is -2.08. The monoisotopic (exact) mass is 450 g/mol. The van der Waals surface area contributed by atoms with Crippen molar-refractivity contribution in [2.45, 2.75) is 13.3 Å². The third-order valence-electron chi connectivity index (χ3n) is 2.76. The summed E-state index contributed by atoms with van der Waals surface area (Å²) in [5, 5.41) is 12.2. The van der Waals surface area contributed by atoms with E-state index < -0.39 is 6.03 Å². The van der Waals surface area contributed by atoms with Crippen LogP contribution in [0.25, 0.3) is 6.08 Å². The molecule has 1 aliphatic heterocycles. The Bertz CT molecular complexity index is 593. The summed E-state index contributed by atoms with van der Waals surface area (Å²) in [6.07, 6.45) is 2.32. The van der Waals surface area contributed by atoms with Gasteiger partial charge in [-0.3, -0.25) is 9.69 Å². The van der Waals surface area contributed by atoms with E-state index in [-0.39, 0.29) is 17.4 Å². The molecule has 5 nitrogen and oxygen atoms in total. The number of amides is 3. The molecule has 20 heavy (non-hydrogen) atoms. The SMILES string of the molecule is CCCN1C(=O)N/C(=C/c2cc(Br)c(O)c(I)c2)C1=O. The van der Waals surface area contributed by atoms with Gasteiger partial charge in [0.1, 0.15) is 11.4 Å². The zero-order chi connectivity index (χ0) is 14.9. The minimum atomic E-state index is -0.393. The van der Waals surface area contributed by atoms with Gasteiger partial charge in [0.25, 0.3) is 5.91 Å². The van der Waals surface area contributed by atoms with Gasteiger partial charge in [-0.05, 0) is 68.7 Å². The van der Waals surface area contributed by atoms with Gasteiger partial charge in [-0.2, -0.15) is 0 Å². The molecule has 0 aromatic heterocycles. The van der Waals surface area contributed by atoms with Gasteiger partial charge in [-0.25, -0.2) is 4.79 Å². The molecular weight excluding hydrogens is 439 g/mol. The van der Waals surface area contributed by atoms with Crippen molar-refractivity contribution < 1.29 is 14.7 Å². The lowest BCUT2D eigenvalue weighted by atomic mass is 10.2. The van der Waals surface area contributed by atoms with E-state index in [1.54, 1.807) is 18.2 Å². The number of halogens is 2. The number of aromatic hydroxyl groups is 1. The van der Waals surface area contributed by atoms with Gasteiger partial charge in [0.15, 0.2) is 0 Å². The van der Waals surface area contributed by atoms with Crippen molar-refractivity contribution in [1.29, 1.82) is 0 Å². The molecule has 1 heterocycles. The van der Waals surface area contributed by atoms with Crippen molar-refractivity contribution in [3.8, 4) is 5.75 Å². The van der Waals surface area contributed by atoms with Crippen LogP contribution in [0.15, 0.2) is 22.3 Å². The van der Waals surface area contributed by atoms with Gasteiger partial charge >= 0.3 is 6.03 Å². The van der Waals surface area contributed by atoms with E-state index in [0.29, 0.717) is 14.6 Å². The summed E-state index contributed by atoms with van der Waals surface area (Å²) in [4.78, 5) is 24.9. The Labute approximate surface area is 138 Å². The molecular formula is C13H12BrIN2O3. The molecule has 3 amide bonds. The Morgan fingerprint density at radius 1 is 1.45 bits per heavy atom. The summed E-state index contributed by atoms with van der Waals surface area (Å²) in [6.45, 7) is 2.31. The number of carbonyl (C=O) groups is 2. The van der Waals surface area contributed by atoms with Crippen molar-refractivity contribution in [1.82, 2.24) is 10.2 Å². The predicted octanol–water partition coefficient (Wildman–Crippen LogP) is 3.06. The molecule has 0 bridgehead atoms. The molecule has 1 aliphatic rings. The van der Waals surface area contributed by atoms with Crippen molar-refractivity contribution >= 4 is 56.5 Å². The highest BCUT2D eigenvalue weighted by molar-refractivity contribution is 14.1. The minimum absolute atomic E-state index is 0.155. The second-order valence-corrected chi connectivity index (χ2v) is 6.29. The number of phenolic OH excluding ortho intramolecular Hbond substituents is 1. The third-order valence-corrected chi connectivity index (χ3v) is 4.19. The number of phenols is 1. The second-order valence-electron chi connectivity index (χ2n) is 4.28. The summed E-state index contributed by atoms with van der Waals surface area (Å²) in [5.74, 6) is -0.168. The normalized spacial score (nSPS) is 16.9. The minimum Gasteiger partial charge on any atom is -0.506 e. The predicted molar refractivity (Wildman–Crippen MR) is 87.0 cm³/mol. The Morgan fingerprint density at radius 2 is 2.15 bits per heavy atom. The molecule has 7 heteroatoms. The fourth-order valence-electron chi connectivity index (χ4n) is 1.83. The quantitative estimate of drug-likeness (QED) is 0.422. The maximum Gasteiger partial charge on any atom is 0.329 e. The van der Waals surface area contributed by atoms with E-state index in [4.69, 9.17) is 0 Å². The van der Waals surface area contributed by atoms with Crippen LogP contribution in [0, 0.1) is 3.57 Å². The topological polar surface area (TPSA) is 69.6 Å². The highest BCUT2D eigenvalue weighted by Gasteiger charge is 2.32. The number of benzene rings is 1. The van der Waals surface area contributed by atoms with Crippen molar-refractivity contribution in [2.75, 3.05) is 6.54 Å². The van der Waals surface area contributed by atoms with Crippen LogP contribution in [0.5, 0.6) is 5.75 Å². The van der Waals surface area contributed by atoms with E-state index in [0.717, 1.165) is 12.0 Å². The molecule has 106 valence electrons. The smallest absolute Gasteiger partial charge is 0.329 e. The molecule has 0 atom stereocenters. The van der Waals surface area contributed by atoms with Gasteiger partial charge in [-0.15, -0.1) is 0 Å². The van der Waals surface area contributed by atoms with Crippen LogP contribution in [0.4, 0.5) is 4.79 Å². The summed E-state index contributed by atoms with van der Waals surface area (Å²) in [6, 6.07) is 3.03. The molecule has 1 saturated heterocycles. The van der Waals surface area contributed by atoms with E-state index in [2.05, 4.69) is 21.2 Å². The summed E-state index contributed by atoms with van der Waals surface area (Å²) >= 11 is 5.24. The van der Waals surface area contributed by atoms with Crippen LogP contribution in [0.2, 0.25) is 0 Å². The molecule has 2 N–H and O–H groups in total. The molecule has 2 rings (SSSR count). The zero-order valence-corrected chi connectivity index (χ0v) is 14.4. The highest BCUT2D eigenvalue weighted by Crippen LogP contribution is 2.31. The largest absolute Gasteiger partial charge is 0.506 e. The fourth-order valence-corrected chi connectivity index (χ4v) is 3.33. The number of rotatable bonds is 3. The zero-order valence-electron chi connectivity index (χ0n) is 10.6. The standard InChI is InChI=1S/C13H12BrIN2O3/c1-2-3-17-12(19)10(16-13(17)20)6-7-4-8(14)11(18)9(15)5-7/h4-6,18H,2-3H2,1H3,(H,16,20)/b10-6+. The summed E-state index contributed by atoms with van der Waals surface area (Å²) < 4.78 is 1.20. The van der Waals surface area contributed by atoms with Crippen LogP contribution in [0.1, 0.15) is 18.9 Å². The molecule has 0 aliphatic carbocycles. The maximum atomic E-state index is 12.1. The van der Waals surface area contributed by atoms with Crippen molar-refractivity contribution in [3.05, 3.63) is 31.4 Å². The van der Waals surface area contributed by atoms with Crippen LogP contribution in [0.3, 0.4) is 0 Å². The fraction of sp³-hybridized carbons (Fsp3) is 0.231. The third kappa shape index (κ3) is 2.98. The maximum absolute atomic E-state index is 12.1. The first kappa shape index (κ1) is 15.3. The van der Waals surface area contributed by atoms with E-state index in [9.17, 15) is 14.7 Å². The highest BCUT2D eigenvalue weighted by atomic mass is 127. The average Bonchev–Trinajstić information content (AvgIpc) is 2.64. The Morgan fingerprint density at radius 3 is 2.75 bits per heavy atom. The number of hydrogen-bond donors (Lipinski definition) is 2. The molecule has 0 spiro atoms. The number of nitrogens with one attached hydrogen (secondary N) is 1. The number of hydrogen-bond acceptors (Lipinski definition) is 3. The van der Waals surface area contributed by atoms with Crippen LogP contribution in [-0.4, -0.2) is 28.5 Å². The Kier molecular flexibility index (Phi) is 4.69. The van der Waals surface area contributed by atoms with E-state index in [1.807, 2.05) is 29.5 Å². The van der Waals surface area contributed by atoms with Gasteiger partial charge in [0, 0.05) is 6.54 Å². The van der Waals surface area contributed by atoms with Gasteiger partial charge in [-0.1, -0.05) is 6.92 Å². The number of urea groups is 1. The molecule has 0 radical (unpaired) electrons. The van der Waals surface area contributed by atoms with Crippen LogP contribution >= 0.6 is 38.5 Å². The number of nitrogens with zero attached hydrogens (tertiary/aromatic N) is 1. The molecule has 0 saturated carbocycles. The first-order chi connectivity index (χ1) is 9.43. The molecule has 1 aromatic rings. The summed E-state index contributed by atoms with van der Waals surface area (Å²) in [7, 11) is 0. The van der Waals surface area contributed by atoms with Gasteiger partial charge in [0.2, 0.25) is 0 Å². The Hall–Kier alpha value is -1.09. The number of carbonyl (C=O) groups excluding carboxylic acids is 2.